The first-order chi connectivity index (χ1) is 23.4. The molecule has 0 radical (unpaired) electrons. The molecule has 5 N–H and O–H groups in total. The smallest absolute Gasteiger partial charge is 0.272 e. The van der Waals surface area contributed by atoms with Crippen molar-refractivity contribution in [2.75, 3.05) is 31.2 Å². The number of hydrogen-bond acceptors (Lipinski definition) is 7. The molecule has 0 atom stereocenters. The maximum Gasteiger partial charge on any atom is 0.272 e. The van der Waals surface area contributed by atoms with E-state index < -0.39 is 0 Å². The van der Waals surface area contributed by atoms with Gasteiger partial charge in [0.15, 0.2) is 11.4 Å². The molecule has 0 aliphatic heterocycles. The number of pyridine rings is 2. The van der Waals surface area contributed by atoms with Gasteiger partial charge >= 0.3 is 0 Å². The Morgan fingerprint density at radius 2 is 1.25 bits per heavy atom. The molecule has 252 valence electrons. The van der Waals surface area contributed by atoms with Crippen LogP contribution in [0, 0.1) is 11.8 Å². The van der Waals surface area contributed by atoms with Crippen LogP contribution in [0.25, 0.3) is 10.8 Å². The number of nitrogens with one attached hydrogen (secondary N) is 3. The van der Waals surface area contributed by atoms with Gasteiger partial charge in [-0.2, -0.15) is 0 Å². The van der Waals surface area contributed by atoms with Gasteiger partial charge in [-0.05, 0) is 79.3 Å². The quantitative estimate of drug-likeness (QED) is 0.156. The molecular weight excluding hydrogens is 604 g/mol. The number of nitrogen functional groups attached to an aromatic ring is 1. The molecule has 2 aromatic heterocycles. The van der Waals surface area contributed by atoms with Crippen molar-refractivity contribution in [2.45, 2.75) is 64.2 Å². The van der Waals surface area contributed by atoms with Crippen LogP contribution in [-0.4, -0.2) is 47.9 Å². The first kappa shape index (κ1) is 34.3. The van der Waals surface area contributed by atoms with Gasteiger partial charge in [0.25, 0.3) is 17.7 Å². The van der Waals surface area contributed by atoms with Gasteiger partial charge in [-0.25, -0.2) is 9.97 Å². The number of anilines is 2. The van der Waals surface area contributed by atoms with Gasteiger partial charge in [0.05, 0.1) is 18.5 Å². The lowest BCUT2D eigenvalue weighted by Gasteiger charge is -2.21. The lowest BCUT2D eigenvalue weighted by molar-refractivity contribution is 0.0931. The van der Waals surface area contributed by atoms with Crippen LogP contribution in [-0.2, 0) is 0 Å². The molecular formula is C38H46N6O4. The molecule has 10 heteroatoms. The molecule has 3 amide bonds. The van der Waals surface area contributed by atoms with E-state index in [4.69, 9.17) is 10.5 Å². The first-order valence-corrected chi connectivity index (χ1v) is 17.0. The summed E-state index contributed by atoms with van der Waals surface area (Å²) in [5.74, 6) is 1.13. The Kier molecular flexibility index (Phi) is 12.3. The maximum absolute atomic E-state index is 13.1. The van der Waals surface area contributed by atoms with Crippen molar-refractivity contribution in [3.63, 3.8) is 0 Å². The highest BCUT2D eigenvalue weighted by atomic mass is 16.5. The summed E-state index contributed by atoms with van der Waals surface area (Å²) in [6.45, 7) is 1.39. The number of benzene rings is 2. The monoisotopic (exact) mass is 650 g/mol. The number of methoxy groups -OCH3 is 1. The minimum absolute atomic E-state index is 0.159. The fourth-order valence-corrected chi connectivity index (χ4v) is 6.56. The van der Waals surface area contributed by atoms with Crippen LogP contribution in [0.5, 0.6) is 5.75 Å². The highest BCUT2D eigenvalue weighted by Gasteiger charge is 2.20. The minimum Gasteiger partial charge on any atom is -0.496 e. The lowest BCUT2D eigenvalue weighted by atomic mass is 9.89. The molecule has 2 aliphatic carbocycles. The Balaban J connectivity index is 0.000000224. The lowest BCUT2D eigenvalue weighted by Crippen LogP contribution is -2.31. The molecule has 2 heterocycles. The molecule has 2 fully saturated rings. The van der Waals surface area contributed by atoms with Crippen molar-refractivity contribution in [3.8, 4) is 5.75 Å². The Morgan fingerprint density at radius 1 is 0.688 bits per heavy atom. The fourth-order valence-electron chi connectivity index (χ4n) is 6.56. The van der Waals surface area contributed by atoms with Gasteiger partial charge in [0.1, 0.15) is 5.75 Å². The second kappa shape index (κ2) is 17.2. The number of rotatable bonds is 9. The SMILES string of the molecule is COc1ccc(C(=O)Nc2cccnc2C(=O)NCC2CCCCC2)c2ccccc12.Nc1cccnc1C(=O)NCC1CCCCC1. The van der Waals surface area contributed by atoms with Crippen molar-refractivity contribution in [1.29, 1.82) is 0 Å². The summed E-state index contributed by atoms with van der Waals surface area (Å²) >= 11 is 0. The number of amides is 3. The van der Waals surface area contributed by atoms with Crippen molar-refractivity contribution >= 4 is 39.9 Å². The number of nitrogens with zero attached hydrogens (tertiary/aromatic N) is 2. The first-order valence-electron chi connectivity index (χ1n) is 17.0. The second-order valence-electron chi connectivity index (χ2n) is 12.6. The predicted molar refractivity (Wildman–Crippen MR) is 189 cm³/mol. The average Bonchev–Trinajstić information content (AvgIpc) is 3.14. The zero-order valence-corrected chi connectivity index (χ0v) is 27.7. The Morgan fingerprint density at radius 3 is 1.85 bits per heavy atom. The Labute approximate surface area is 282 Å². The van der Waals surface area contributed by atoms with Crippen LogP contribution in [0.4, 0.5) is 11.4 Å². The van der Waals surface area contributed by atoms with E-state index in [0.717, 1.165) is 30.2 Å². The number of nitrogens with two attached hydrogens (primary N) is 1. The summed E-state index contributed by atoms with van der Waals surface area (Å²) in [7, 11) is 1.61. The van der Waals surface area contributed by atoms with E-state index in [0.29, 0.717) is 46.8 Å². The second-order valence-corrected chi connectivity index (χ2v) is 12.6. The number of carbonyl (C=O) groups is 3. The van der Waals surface area contributed by atoms with Gasteiger partial charge in [0.2, 0.25) is 0 Å². The van der Waals surface area contributed by atoms with Crippen LogP contribution in [0.2, 0.25) is 0 Å². The summed E-state index contributed by atoms with van der Waals surface area (Å²) in [6, 6.07) is 17.9. The summed E-state index contributed by atoms with van der Waals surface area (Å²) in [5.41, 5.74) is 7.61. The zero-order valence-electron chi connectivity index (χ0n) is 27.7. The number of hydrogen-bond donors (Lipinski definition) is 4. The van der Waals surface area contributed by atoms with Gasteiger partial charge in [-0.3, -0.25) is 14.4 Å². The largest absolute Gasteiger partial charge is 0.496 e. The van der Waals surface area contributed by atoms with Crippen molar-refractivity contribution in [2.24, 2.45) is 11.8 Å². The Hall–Kier alpha value is -4.99. The third-order valence-corrected chi connectivity index (χ3v) is 9.23. The number of fused-ring (bicyclic) bond motifs is 1. The average molecular weight is 651 g/mol. The molecule has 2 aromatic carbocycles. The zero-order chi connectivity index (χ0) is 33.7. The number of ether oxygens (including phenoxy) is 1. The topological polar surface area (TPSA) is 148 Å². The molecule has 0 saturated heterocycles. The van der Waals surface area contributed by atoms with Crippen molar-refractivity contribution in [3.05, 3.63) is 90.0 Å². The van der Waals surface area contributed by atoms with Crippen LogP contribution in [0.3, 0.4) is 0 Å². The van der Waals surface area contributed by atoms with Gasteiger partial charge in [-0.1, -0.05) is 62.8 Å². The third-order valence-electron chi connectivity index (χ3n) is 9.23. The molecule has 4 aromatic rings. The molecule has 0 unspecified atom stereocenters. The van der Waals surface area contributed by atoms with Crippen molar-refractivity contribution in [1.82, 2.24) is 20.6 Å². The maximum atomic E-state index is 13.1. The number of carbonyl (C=O) groups excluding carboxylic acids is 3. The van der Waals surface area contributed by atoms with Crippen LogP contribution >= 0.6 is 0 Å². The minimum atomic E-state index is -0.298. The number of aromatic nitrogens is 2. The van der Waals surface area contributed by atoms with Crippen LogP contribution in [0.15, 0.2) is 73.1 Å². The molecule has 0 spiro atoms. The van der Waals surface area contributed by atoms with E-state index >= 15 is 0 Å². The van der Waals surface area contributed by atoms with E-state index in [1.54, 1.807) is 55.9 Å². The third kappa shape index (κ3) is 9.08. The van der Waals surface area contributed by atoms with Crippen LogP contribution in [0.1, 0.15) is 95.5 Å². The molecule has 10 nitrogen and oxygen atoms in total. The molecule has 6 rings (SSSR count). The van der Waals surface area contributed by atoms with Crippen LogP contribution < -0.4 is 26.4 Å². The van der Waals surface area contributed by atoms with Gasteiger partial charge in [-0.15, -0.1) is 0 Å². The molecule has 2 aliphatic rings. The molecule has 48 heavy (non-hydrogen) atoms. The van der Waals surface area contributed by atoms with E-state index in [9.17, 15) is 14.4 Å². The summed E-state index contributed by atoms with van der Waals surface area (Å²) in [5, 5.41) is 10.4. The fraction of sp³-hybridized carbons (Fsp3) is 0.395. The highest BCUT2D eigenvalue weighted by Crippen LogP contribution is 2.29. The van der Waals surface area contributed by atoms with E-state index in [1.807, 2.05) is 24.3 Å². The molecule has 2 saturated carbocycles. The predicted octanol–water partition coefficient (Wildman–Crippen LogP) is 6.78. The highest BCUT2D eigenvalue weighted by molar-refractivity contribution is 6.15. The van der Waals surface area contributed by atoms with E-state index in [-0.39, 0.29) is 23.4 Å². The van der Waals surface area contributed by atoms with Crippen molar-refractivity contribution < 1.29 is 19.1 Å². The molecule has 0 bridgehead atoms. The summed E-state index contributed by atoms with van der Waals surface area (Å²) in [4.78, 5) is 46.0. The Bertz CT molecular complexity index is 1700. The van der Waals surface area contributed by atoms with E-state index in [2.05, 4.69) is 25.9 Å². The van der Waals surface area contributed by atoms with Gasteiger partial charge < -0.3 is 26.4 Å². The summed E-state index contributed by atoms with van der Waals surface area (Å²) in [6.07, 6.45) is 15.5. The standard InChI is InChI=1S/C25H27N3O3.C13H19N3O/c1-31-22-14-13-20(18-10-5-6-11-19(18)22)24(29)28-21-12-7-15-26-23(21)25(30)27-16-17-8-3-2-4-9-17;14-11-7-4-8-15-12(11)13(17)16-9-10-5-2-1-3-6-10/h5-7,10-15,17H,2-4,8-9,16H2,1H3,(H,27,30)(H,28,29);4,7-8,10H,1-3,5-6,9,14H2,(H,16,17). The normalized spacial score (nSPS) is 15.1. The van der Waals surface area contributed by atoms with E-state index in [1.165, 1.54) is 51.4 Å². The van der Waals surface area contributed by atoms with Gasteiger partial charge in [0, 0.05) is 36.4 Å². The summed E-state index contributed by atoms with van der Waals surface area (Å²) < 4.78 is 5.41.